The number of hydrogen-bond donors (Lipinski definition) is 0. The Labute approximate surface area is 125 Å². The molecule has 108 valence electrons. The van der Waals surface area contributed by atoms with E-state index in [-0.39, 0.29) is 11.1 Å². The second-order valence-electron chi connectivity index (χ2n) is 5.02. The highest BCUT2D eigenvalue weighted by molar-refractivity contribution is 7.84. The number of benzene rings is 1. The zero-order valence-corrected chi connectivity index (χ0v) is 13.4. The lowest BCUT2D eigenvalue weighted by Gasteiger charge is -2.11. The van der Waals surface area contributed by atoms with Crippen LogP contribution in [0.25, 0.3) is 0 Å². The Bertz CT molecular complexity index is 609. The van der Waals surface area contributed by atoms with E-state index in [0.717, 1.165) is 10.7 Å². The highest BCUT2D eigenvalue weighted by Crippen LogP contribution is 2.26. The summed E-state index contributed by atoms with van der Waals surface area (Å²) in [6.45, 7) is 5.97. The zero-order chi connectivity index (χ0) is 14.7. The SMILES string of the molecule is CC(C)c1nc(C[S@@](=O)[C@H](C)c2ccccc2F)cs1. The highest BCUT2D eigenvalue weighted by atomic mass is 32.2. The summed E-state index contributed by atoms with van der Waals surface area (Å²) in [5.41, 5.74) is 1.34. The average Bonchev–Trinajstić information content (AvgIpc) is 2.87. The molecule has 20 heavy (non-hydrogen) atoms. The van der Waals surface area contributed by atoms with Crippen molar-refractivity contribution >= 4 is 22.1 Å². The van der Waals surface area contributed by atoms with Gasteiger partial charge in [0.2, 0.25) is 0 Å². The third-order valence-electron chi connectivity index (χ3n) is 3.09. The molecule has 0 aliphatic carbocycles. The summed E-state index contributed by atoms with van der Waals surface area (Å²) >= 11 is 1.59. The summed E-state index contributed by atoms with van der Waals surface area (Å²) < 4.78 is 26.1. The number of nitrogens with zero attached hydrogens (tertiary/aromatic N) is 1. The van der Waals surface area contributed by atoms with Crippen molar-refractivity contribution < 1.29 is 8.60 Å². The van der Waals surface area contributed by atoms with Crippen molar-refractivity contribution in [2.45, 2.75) is 37.7 Å². The normalized spacial score (nSPS) is 14.4. The van der Waals surface area contributed by atoms with Gasteiger partial charge in [-0.1, -0.05) is 32.0 Å². The Kier molecular flexibility index (Phi) is 5.05. The minimum absolute atomic E-state index is 0.297. The maximum absolute atomic E-state index is 13.7. The van der Waals surface area contributed by atoms with Crippen molar-refractivity contribution in [2.75, 3.05) is 0 Å². The highest BCUT2D eigenvalue weighted by Gasteiger charge is 2.18. The zero-order valence-electron chi connectivity index (χ0n) is 11.8. The van der Waals surface area contributed by atoms with Gasteiger partial charge in [-0.2, -0.15) is 0 Å². The van der Waals surface area contributed by atoms with E-state index >= 15 is 0 Å². The lowest BCUT2D eigenvalue weighted by molar-refractivity contribution is 0.606. The summed E-state index contributed by atoms with van der Waals surface area (Å²) in [6, 6.07) is 6.51. The molecule has 2 aromatic rings. The van der Waals surface area contributed by atoms with Gasteiger partial charge in [-0.05, 0) is 13.0 Å². The van der Waals surface area contributed by atoms with Crippen LogP contribution in [0.2, 0.25) is 0 Å². The predicted molar refractivity (Wildman–Crippen MR) is 82.9 cm³/mol. The molecule has 2 rings (SSSR count). The summed E-state index contributed by atoms with van der Waals surface area (Å²) in [6.07, 6.45) is 0. The first-order valence-electron chi connectivity index (χ1n) is 6.55. The second kappa shape index (κ2) is 6.59. The maximum Gasteiger partial charge on any atom is 0.127 e. The van der Waals surface area contributed by atoms with E-state index in [0.29, 0.717) is 17.2 Å². The number of thiazole rings is 1. The first-order chi connectivity index (χ1) is 9.49. The fourth-order valence-corrected chi connectivity index (χ4v) is 3.98. The van der Waals surface area contributed by atoms with Crippen LogP contribution in [0.15, 0.2) is 29.6 Å². The molecular formula is C15H18FNOS2. The maximum atomic E-state index is 13.7. The molecule has 0 radical (unpaired) electrons. The fourth-order valence-electron chi connectivity index (χ4n) is 1.87. The molecule has 0 amide bonds. The van der Waals surface area contributed by atoms with E-state index in [9.17, 15) is 8.60 Å². The predicted octanol–water partition coefficient (Wildman–Crippen LogP) is 4.42. The molecule has 0 unspecified atom stereocenters. The quantitative estimate of drug-likeness (QED) is 0.818. The molecule has 0 N–H and O–H groups in total. The first kappa shape index (κ1) is 15.3. The van der Waals surface area contributed by atoms with Gasteiger partial charge in [0, 0.05) is 27.7 Å². The van der Waals surface area contributed by atoms with E-state index in [2.05, 4.69) is 18.8 Å². The van der Waals surface area contributed by atoms with Gasteiger partial charge >= 0.3 is 0 Å². The second-order valence-corrected chi connectivity index (χ2v) is 7.67. The smallest absolute Gasteiger partial charge is 0.127 e. The van der Waals surface area contributed by atoms with Crippen LogP contribution in [0.5, 0.6) is 0 Å². The standard InChI is InChI=1S/C15H18FNOS2/c1-10(2)15-17-12(8-19-15)9-20(18)11(3)13-6-4-5-7-14(13)16/h4-8,10-11H,9H2,1-3H3/t11-,20-/m1/s1. The number of halogens is 1. The van der Waals surface area contributed by atoms with Crippen LogP contribution >= 0.6 is 11.3 Å². The van der Waals surface area contributed by atoms with Gasteiger partial charge in [-0.3, -0.25) is 4.21 Å². The van der Waals surface area contributed by atoms with Gasteiger partial charge in [-0.15, -0.1) is 11.3 Å². The van der Waals surface area contributed by atoms with Gasteiger partial charge in [0.15, 0.2) is 0 Å². The molecular weight excluding hydrogens is 293 g/mol. The lowest BCUT2D eigenvalue weighted by atomic mass is 10.1. The molecule has 1 aromatic heterocycles. The van der Waals surface area contributed by atoms with Crippen molar-refractivity contribution in [2.24, 2.45) is 0 Å². The van der Waals surface area contributed by atoms with Gasteiger partial charge < -0.3 is 0 Å². The van der Waals surface area contributed by atoms with E-state index in [1.807, 2.05) is 5.38 Å². The van der Waals surface area contributed by atoms with Gasteiger partial charge in [0.25, 0.3) is 0 Å². The summed E-state index contributed by atoms with van der Waals surface area (Å²) in [5, 5.41) is 2.66. The number of rotatable bonds is 5. The van der Waals surface area contributed by atoms with Crippen LogP contribution in [-0.4, -0.2) is 9.19 Å². The molecule has 0 aliphatic rings. The van der Waals surface area contributed by atoms with Crippen LogP contribution < -0.4 is 0 Å². The Morgan fingerprint density at radius 3 is 2.60 bits per heavy atom. The lowest BCUT2D eigenvalue weighted by Crippen LogP contribution is -2.07. The van der Waals surface area contributed by atoms with E-state index in [1.165, 1.54) is 6.07 Å². The summed E-state index contributed by atoms with van der Waals surface area (Å²) in [7, 11) is -1.17. The van der Waals surface area contributed by atoms with Crippen molar-refractivity contribution in [3.63, 3.8) is 0 Å². The minimum Gasteiger partial charge on any atom is -0.259 e. The fraction of sp³-hybridized carbons (Fsp3) is 0.400. The van der Waals surface area contributed by atoms with Gasteiger partial charge in [0.1, 0.15) is 5.82 Å². The molecule has 2 atom stereocenters. The molecule has 0 saturated carbocycles. The molecule has 0 fully saturated rings. The molecule has 1 heterocycles. The first-order valence-corrected chi connectivity index (χ1v) is 8.81. The molecule has 0 bridgehead atoms. The minimum atomic E-state index is -1.17. The Balaban J connectivity index is 2.09. The molecule has 0 saturated heterocycles. The summed E-state index contributed by atoms with van der Waals surface area (Å²) in [5.74, 6) is 0.458. The molecule has 0 spiro atoms. The molecule has 0 aliphatic heterocycles. The van der Waals surface area contributed by atoms with E-state index in [1.54, 1.807) is 36.5 Å². The number of hydrogen-bond acceptors (Lipinski definition) is 3. The van der Waals surface area contributed by atoms with E-state index < -0.39 is 10.8 Å². The monoisotopic (exact) mass is 311 g/mol. The Morgan fingerprint density at radius 1 is 1.30 bits per heavy atom. The van der Waals surface area contributed by atoms with Crippen molar-refractivity contribution in [1.29, 1.82) is 0 Å². The molecule has 2 nitrogen and oxygen atoms in total. The van der Waals surface area contributed by atoms with Crippen LogP contribution in [0.1, 0.15) is 48.2 Å². The van der Waals surface area contributed by atoms with Gasteiger partial charge in [-0.25, -0.2) is 9.37 Å². The molecule has 1 aromatic carbocycles. The largest absolute Gasteiger partial charge is 0.259 e. The molecule has 5 heteroatoms. The van der Waals surface area contributed by atoms with Crippen molar-refractivity contribution in [3.05, 3.63) is 51.7 Å². The topological polar surface area (TPSA) is 30.0 Å². The number of aromatic nitrogens is 1. The Hall–Kier alpha value is -1.07. The van der Waals surface area contributed by atoms with Gasteiger partial charge in [0.05, 0.1) is 21.7 Å². The van der Waals surface area contributed by atoms with Crippen molar-refractivity contribution in [3.8, 4) is 0 Å². The van der Waals surface area contributed by atoms with Crippen LogP contribution in [0.3, 0.4) is 0 Å². The van der Waals surface area contributed by atoms with Crippen LogP contribution in [0, 0.1) is 5.82 Å². The summed E-state index contributed by atoms with van der Waals surface area (Å²) in [4.78, 5) is 4.48. The third kappa shape index (κ3) is 3.52. The van der Waals surface area contributed by atoms with E-state index in [4.69, 9.17) is 0 Å². The van der Waals surface area contributed by atoms with Crippen LogP contribution in [0.4, 0.5) is 4.39 Å². The average molecular weight is 311 g/mol. The van der Waals surface area contributed by atoms with Crippen molar-refractivity contribution in [1.82, 2.24) is 4.98 Å². The van der Waals surface area contributed by atoms with Crippen LogP contribution in [-0.2, 0) is 16.6 Å². The third-order valence-corrected chi connectivity index (χ3v) is 5.91. The Morgan fingerprint density at radius 2 is 2.00 bits per heavy atom.